The van der Waals surface area contributed by atoms with Crippen LogP contribution in [0.2, 0.25) is 5.02 Å². The molecule has 2 heteroatoms. The Morgan fingerprint density at radius 1 is 1.50 bits per heavy atom. The third-order valence-corrected chi connectivity index (χ3v) is 2.51. The lowest BCUT2D eigenvalue weighted by Gasteiger charge is -2.14. The van der Waals surface area contributed by atoms with E-state index in [1.54, 1.807) is 0 Å². The van der Waals surface area contributed by atoms with Crippen molar-refractivity contribution < 1.29 is 0 Å². The van der Waals surface area contributed by atoms with E-state index in [0.29, 0.717) is 6.04 Å². The molecule has 0 heterocycles. The standard InChI is InChI=1S/C12H16ClN/c1-3-4-9-14-10(2)11-7-5-6-8-12(11)13/h3,5-8,10,14H,1,4,9H2,2H3. The molecule has 1 unspecified atom stereocenters. The molecule has 0 bridgehead atoms. The third kappa shape index (κ3) is 3.17. The van der Waals surface area contributed by atoms with Gasteiger partial charge in [0.1, 0.15) is 0 Å². The van der Waals surface area contributed by atoms with Crippen molar-refractivity contribution in [3.8, 4) is 0 Å². The summed E-state index contributed by atoms with van der Waals surface area (Å²) in [5.74, 6) is 0. The van der Waals surface area contributed by atoms with Crippen molar-refractivity contribution >= 4 is 11.6 Å². The first-order valence-corrected chi connectivity index (χ1v) is 5.22. The average Bonchev–Trinajstić information content (AvgIpc) is 2.18. The number of halogens is 1. The normalized spacial score (nSPS) is 12.4. The van der Waals surface area contributed by atoms with Crippen LogP contribution >= 0.6 is 11.6 Å². The minimum Gasteiger partial charge on any atom is -0.310 e. The fraction of sp³-hybridized carbons (Fsp3) is 0.333. The summed E-state index contributed by atoms with van der Waals surface area (Å²) in [4.78, 5) is 0. The van der Waals surface area contributed by atoms with Crippen LogP contribution in [0, 0.1) is 0 Å². The Morgan fingerprint density at radius 3 is 2.86 bits per heavy atom. The number of benzene rings is 1. The summed E-state index contributed by atoms with van der Waals surface area (Å²) in [7, 11) is 0. The SMILES string of the molecule is C=CCCNC(C)c1ccccc1Cl. The second kappa shape index (κ2) is 5.84. The van der Waals surface area contributed by atoms with Crippen molar-refractivity contribution in [3.05, 3.63) is 47.5 Å². The van der Waals surface area contributed by atoms with Gasteiger partial charge in [-0.1, -0.05) is 35.9 Å². The molecule has 1 atom stereocenters. The van der Waals surface area contributed by atoms with Gasteiger partial charge < -0.3 is 5.32 Å². The summed E-state index contributed by atoms with van der Waals surface area (Å²) in [6.45, 7) is 6.74. The largest absolute Gasteiger partial charge is 0.310 e. The Hall–Kier alpha value is -0.790. The molecule has 1 aromatic carbocycles. The highest BCUT2D eigenvalue weighted by molar-refractivity contribution is 6.31. The average molecular weight is 210 g/mol. The Balaban J connectivity index is 2.55. The number of nitrogens with one attached hydrogen (secondary N) is 1. The summed E-state index contributed by atoms with van der Waals surface area (Å²) < 4.78 is 0. The van der Waals surface area contributed by atoms with E-state index >= 15 is 0 Å². The van der Waals surface area contributed by atoms with Gasteiger partial charge in [0.05, 0.1) is 0 Å². The maximum absolute atomic E-state index is 6.07. The van der Waals surface area contributed by atoms with Crippen LogP contribution in [0.4, 0.5) is 0 Å². The van der Waals surface area contributed by atoms with E-state index < -0.39 is 0 Å². The molecule has 0 aromatic heterocycles. The molecular formula is C12H16ClN. The maximum atomic E-state index is 6.07. The first-order chi connectivity index (χ1) is 6.75. The first kappa shape index (κ1) is 11.3. The first-order valence-electron chi connectivity index (χ1n) is 4.84. The summed E-state index contributed by atoms with van der Waals surface area (Å²) in [6, 6.07) is 8.22. The molecular weight excluding hydrogens is 194 g/mol. The van der Waals surface area contributed by atoms with Gasteiger partial charge in [-0.2, -0.15) is 0 Å². The molecule has 0 fully saturated rings. The molecule has 0 spiro atoms. The van der Waals surface area contributed by atoms with Crippen LogP contribution in [-0.2, 0) is 0 Å². The van der Waals surface area contributed by atoms with Gasteiger partial charge in [-0.05, 0) is 31.5 Å². The highest BCUT2D eigenvalue weighted by Crippen LogP contribution is 2.21. The van der Waals surface area contributed by atoms with E-state index in [0.717, 1.165) is 23.6 Å². The number of rotatable bonds is 5. The predicted molar refractivity (Wildman–Crippen MR) is 62.7 cm³/mol. The Kier molecular flexibility index (Phi) is 4.71. The summed E-state index contributed by atoms with van der Waals surface area (Å²) in [6.07, 6.45) is 2.89. The molecule has 0 radical (unpaired) electrons. The Morgan fingerprint density at radius 2 is 2.21 bits per heavy atom. The monoisotopic (exact) mass is 209 g/mol. The zero-order valence-corrected chi connectivity index (χ0v) is 9.22. The van der Waals surface area contributed by atoms with Crippen molar-refractivity contribution in [1.82, 2.24) is 5.32 Å². The van der Waals surface area contributed by atoms with Crippen LogP contribution in [0.3, 0.4) is 0 Å². The van der Waals surface area contributed by atoms with Gasteiger partial charge in [0.25, 0.3) is 0 Å². The fourth-order valence-corrected chi connectivity index (χ4v) is 1.64. The highest BCUT2D eigenvalue weighted by Gasteiger charge is 2.06. The van der Waals surface area contributed by atoms with Crippen molar-refractivity contribution in [2.24, 2.45) is 0 Å². The van der Waals surface area contributed by atoms with E-state index in [1.807, 2.05) is 30.3 Å². The van der Waals surface area contributed by atoms with Gasteiger partial charge in [0.2, 0.25) is 0 Å². The van der Waals surface area contributed by atoms with E-state index in [9.17, 15) is 0 Å². The van der Waals surface area contributed by atoms with Crippen LogP contribution in [0.15, 0.2) is 36.9 Å². The van der Waals surface area contributed by atoms with E-state index in [2.05, 4.69) is 18.8 Å². The van der Waals surface area contributed by atoms with E-state index in [-0.39, 0.29) is 0 Å². The quantitative estimate of drug-likeness (QED) is 0.578. The molecule has 76 valence electrons. The second-order valence-electron chi connectivity index (χ2n) is 3.27. The molecule has 0 saturated carbocycles. The smallest absolute Gasteiger partial charge is 0.0453 e. The minimum absolute atomic E-state index is 0.295. The molecule has 14 heavy (non-hydrogen) atoms. The lowest BCUT2D eigenvalue weighted by molar-refractivity contribution is 0.581. The lowest BCUT2D eigenvalue weighted by atomic mass is 10.1. The van der Waals surface area contributed by atoms with Crippen LogP contribution in [0.1, 0.15) is 24.9 Å². The van der Waals surface area contributed by atoms with Gasteiger partial charge in [-0.25, -0.2) is 0 Å². The molecule has 0 aliphatic heterocycles. The number of hydrogen-bond acceptors (Lipinski definition) is 1. The molecule has 0 saturated heterocycles. The molecule has 0 amide bonds. The zero-order valence-electron chi connectivity index (χ0n) is 8.46. The number of hydrogen-bond donors (Lipinski definition) is 1. The fourth-order valence-electron chi connectivity index (χ4n) is 1.34. The van der Waals surface area contributed by atoms with E-state index in [1.165, 1.54) is 0 Å². The van der Waals surface area contributed by atoms with Crippen molar-refractivity contribution in [2.75, 3.05) is 6.54 Å². The maximum Gasteiger partial charge on any atom is 0.0453 e. The molecule has 1 aromatic rings. The summed E-state index contributed by atoms with van der Waals surface area (Å²) >= 11 is 6.07. The molecule has 1 nitrogen and oxygen atoms in total. The second-order valence-corrected chi connectivity index (χ2v) is 3.68. The van der Waals surface area contributed by atoms with E-state index in [4.69, 9.17) is 11.6 Å². The predicted octanol–water partition coefficient (Wildman–Crippen LogP) is 3.57. The third-order valence-electron chi connectivity index (χ3n) is 2.17. The van der Waals surface area contributed by atoms with Crippen molar-refractivity contribution in [3.63, 3.8) is 0 Å². The molecule has 0 aliphatic carbocycles. The molecule has 1 N–H and O–H groups in total. The van der Waals surface area contributed by atoms with Crippen LogP contribution < -0.4 is 5.32 Å². The zero-order chi connectivity index (χ0) is 10.4. The van der Waals surface area contributed by atoms with Crippen molar-refractivity contribution in [2.45, 2.75) is 19.4 Å². The summed E-state index contributed by atoms with van der Waals surface area (Å²) in [5.41, 5.74) is 1.15. The van der Waals surface area contributed by atoms with Gasteiger partial charge in [0.15, 0.2) is 0 Å². The molecule has 0 aliphatic rings. The highest BCUT2D eigenvalue weighted by atomic mass is 35.5. The van der Waals surface area contributed by atoms with Crippen LogP contribution in [0.5, 0.6) is 0 Å². The lowest BCUT2D eigenvalue weighted by Crippen LogP contribution is -2.19. The van der Waals surface area contributed by atoms with Gasteiger partial charge in [-0.15, -0.1) is 6.58 Å². The summed E-state index contributed by atoms with van der Waals surface area (Å²) in [5, 5.41) is 4.21. The van der Waals surface area contributed by atoms with Crippen LogP contribution in [0.25, 0.3) is 0 Å². The minimum atomic E-state index is 0.295. The van der Waals surface area contributed by atoms with Gasteiger partial charge in [0, 0.05) is 11.1 Å². The van der Waals surface area contributed by atoms with Crippen molar-refractivity contribution in [1.29, 1.82) is 0 Å². The Bertz CT molecular complexity index is 296. The van der Waals surface area contributed by atoms with Gasteiger partial charge >= 0.3 is 0 Å². The Labute approximate surface area is 90.8 Å². The topological polar surface area (TPSA) is 12.0 Å². The van der Waals surface area contributed by atoms with Gasteiger partial charge in [-0.3, -0.25) is 0 Å². The van der Waals surface area contributed by atoms with Crippen LogP contribution in [-0.4, -0.2) is 6.54 Å². The molecule has 1 rings (SSSR count).